The van der Waals surface area contributed by atoms with Crippen molar-refractivity contribution in [2.24, 2.45) is 0 Å². The normalized spacial score (nSPS) is 17.4. The monoisotopic (exact) mass is 471 g/mol. The fourth-order valence-corrected chi connectivity index (χ4v) is 5.52. The van der Waals surface area contributed by atoms with Crippen molar-refractivity contribution in [1.29, 1.82) is 0 Å². The van der Waals surface area contributed by atoms with Crippen molar-refractivity contribution < 1.29 is 4.79 Å². The molecule has 0 bridgehead atoms. The summed E-state index contributed by atoms with van der Waals surface area (Å²) in [7, 11) is 0. The average molecular weight is 472 g/mol. The molecule has 0 saturated carbocycles. The quantitative estimate of drug-likeness (QED) is 0.434. The highest BCUT2D eigenvalue weighted by molar-refractivity contribution is 6.29. The summed E-state index contributed by atoms with van der Waals surface area (Å²) in [6.45, 7) is 7.99. The predicted molar refractivity (Wildman–Crippen MR) is 140 cm³/mol. The van der Waals surface area contributed by atoms with Gasteiger partial charge in [0.05, 0.1) is 0 Å². The smallest absolute Gasteiger partial charge is 0.258 e. The molecule has 1 aromatic heterocycles. The van der Waals surface area contributed by atoms with E-state index in [1.54, 1.807) is 18.3 Å². The van der Waals surface area contributed by atoms with Crippen LogP contribution in [0.15, 0.2) is 66.9 Å². The average Bonchev–Trinajstić information content (AvgIpc) is 3.14. The molecule has 0 atom stereocenters. The van der Waals surface area contributed by atoms with Crippen molar-refractivity contribution >= 4 is 29.3 Å². The zero-order chi connectivity index (χ0) is 23.7. The molecule has 2 aliphatic rings. The van der Waals surface area contributed by atoms with Crippen LogP contribution in [0, 0.1) is 13.8 Å². The first-order valence-corrected chi connectivity index (χ1v) is 12.3. The number of hydrogen-bond acceptors (Lipinski definition) is 3. The van der Waals surface area contributed by atoms with Gasteiger partial charge in [-0.3, -0.25) is 9.69 Å². The Labute approximate surface area is 206 Å². The highest BCUT2D eigenvalue weighted by Crippen LogP contribution is 2.47. The minimum atomic E-state index is -0.00475. The van der Waals surface area contributed by atoms with Crippen LogP contribution in [-0.2, 0) is 5.41 Å². The van der Waals surface area contributed by atoms with Gasteiger partial charge in [0.1, 0.15) is 5.15 Å². The van der Waals surface area contributed by atoms with Gasteiger partial charge in [0.25, 0.3) is 5.91 Å². The minimum Gasteiger partial charge on any atom is -0.307 e. The first kappa shape index (κ1) is 22.8. The summed E-state index contributed by atoms with van der Waals surface area (Å²) in [6.07, 6.45) is 8.19. The second kappa shape index (κ2) is 9.36. The molecule has 1 fully saturated rings. The van der Waals surface area contributed by atoms with Crippen LogP contribution in [0.2, 0.25) is 5.15 Å². The molecule has 3 aromatic rings. The Kier molecular flexibility index (Phi) is 6.28. The number of halogens is 1. The van der Waals surface area contributed by atoms with E-state index in [0.29, 0.717) is 10.7 Å². The largest absolute Gasteiger partial charge is 0.307 e. The molecule has 5 rings (SSSR count). The standard InChI is InChI=1S/C29H30ClN3O/c1-21-9-10-26-25(18-21)29(20-33(26)28(34)24-11-14-31-27(30)19-24)12-16-32(17-13-29)15-5-8-23-7-4-3-6-22(23)2/h3-11,14,18-19H,12-13,15-17,20H2,1-2H3/b8-5+. The van der Waals surface area contributed by atoms with Crippen molar-refractivity contribution in [3.05, 3.63) is 99.8 Å². The highest BCUT2D eigenvalue weighted by Gasteiger charge is 2.46. The molecule has 1 amide bonds. The third-order valence-electron chi connectivity index (χ3n) is 7.36. The van der Waals surface area contributed by atoms with E-state index in [2.05, 4.69) is 78.3 Å². The van der Waals surface area contributed by atoms with Gasteiger partial charge in [0.15, 0.2) is 0 Å². The number of amides is 1. The Hall–Kier alpha value is -2.95. The molecule has 34 heavy (non-hydrogen) atoms. The van der Waals surface area contributed by atoms with Gasteiger partial charge in [-0.25, -0.2) is 4.98 Å². The van der Waals surface area contributed by atoms with Gasteiger partial charge in [-0.05, 0) is 74.7 Å². The van der Waals surface area contributed by atoms with Crippen molar-refractivity contribution in [1.82, 2.24) is 9.88 Å². The third-order valence-corrected chi connectivity index (χ3v) is 7.56. The lowest BCUT2D eigenvalue weighted by Gasteiger charge is -2.39. The number of aromatic nitrogens is 1. The SMILES string of the molecule is Cc1ccc2c(c1)C1(CCN(C/C=C/c3ccccc3C)CC1)CN2C(=O)c1ccnc(Cl)c1. The molecule has 5 heteroatoms. The van der Waals surface area contributed by atoms with Gasteiger partial charge < -0.3 is 4.90 Å². The number of carbonyl (C=O) groups is 1. The number of pyridine rings is 1. The van der Waals surface area contributed by atoms with Gasteiger partial charge in [0, 0.05) is 36.0 Å². The molecular formula is C29H30ClN3O. The Balaban J connectivity index is 1.33. The van der Waals surface area contributed by atoms with E-state index in [1.165, 1.54) is 22.3 Å². The van der Waals surface area contributed by atoms with Gasteiger partial charge >= 0.3 is 0 Å². The molecule has 0 unspecified atom stereocenters. The zero-order valence-corrected chi connectivity index (χ0v) is 20.6. The van der Waals surface area contributed by atoms with Crippen LogP contribution in [0.25, 0.3) is 6.08 Å². The van der Waals surface area contributed by atoms with E-state index in [9.17, 15) is 4.79 Å². The van der Waals surface area contributed by atoms with Crippen LogP contribution in [0.4, 0.5) is 5.69 Å². The van der Waals surface area contributed by atoms with Crippen molar-refractivity contribution in [3.63, 3.8) is 0 Å². The lowest BCUT2D eigenvalue weighted by Crippen LogP contribution is -2.46. The number of likely N-dealkylation sites (tertiary alicyclic amines) is 1. The van der Waals surface area contributed by atoms with Gasteiger partial charge in [-0.2, -0.15) is 0 Å². The van der Waals surface area contributed by atoms with Crippen molar-refractivity contribution in [3.8, 4) is 0 Å². The van der Waals surface area contributed by atoms with Gasteiger partial charge in [0.2, 0.25) is 0 Å². The van der Waals surface area contributed by atoms with Crippen LogP contribution in [0.3, 0.4) is 0 Å². The Morgan fingerprint density at radius 2 is 1.88 bits per heavy atom. The first-order chi connectivity index (χ1) is 16.4. The summed E-state index contributed by atoms with van der Waals surface area (Å²) < 4.78 is 0. The molecule has 3 heterocycles. The number of aryl methyl sites for hydroxylation is 2. The molecule has 4 nitrogen and oxygen atoms in total. The number of anilines is 1. The number of piperidine rings is 1. The van der Waals surface area contributed by atoms with Crippen LogP contribution in [-0.4, -0.2) is 42.0 Å². The Morgan fingerprint density at radius 1 is 1.09 bits per heavy atom. The maximum absolute atomic E-state index is 13.5. The van der Waals surface area contributed by atoms with Crippen molar-refractivity contribution in [2.45, 2.75) is 32.1 Å². The molecule has 174 valence electrons. The van der Waals surface area contributed by atoms with E-state index in [-0.39, 0.29) is 11.3 Å². The molecular weight excluding hydrogens is 442 g/mol. The number of carbonyl (C=O) groups excluding carboxylic acids is 1. The van der Waals surface area contributed by atoms with Crippen LogP contribution < -0.4 is 4.90 Å². The Bertz CT molecular complexity index is 1240. The van der Waals surface area contributed by atoms with E-state index in [4.69, 9.17) is 11.6 Å². The van der Waals surface area contributed by atoms with Gasteiger partial charge in [-0.1, -0.05) is 65.7 Å². The summed E-state index contributed by atoms with van der Waals surface area (Å²) in [5.74, 6) is -0.00475. The maximum atomic E-state index is 13.5. The van der Waals surface area contributed by atoms with E-state index in [0.717, 1.165) is 44.7 Å². The lowest BCUT2D eigenvalue weighted by atomic mass is 9.74. The highest BCUT2D eigenvalue weighted by atomic mass is 35.5. The zero-order valence-electron chi connectivity index (χ0n) is 19.8. The van der Waals surface area contributed by atoms with E-state index >= 15 is 0 Å². The number of rotatable bonds is 4. The minimum absolute atomic E-state index is 0.00404. The van der Waals surface area contributed by atoms with E-state index < -0.39 is 0 Å². The number of hydrogen-bond donors (Lipinski definition) is 0. The fraction of sp³-hybridized carbons (Fsp3) is 0.310. The summed E-state index contributed by atoms with van der Waals surface area (Å²) in [5.41, 5.74) is 6.76. The summed E-state index contributed by atoms with van der Waals surface area (Å²) in [5, 5.41) is 0.343. The Morgan fingerprint density at radius 3 is 2.65 bits per heavy atom. The molecule has 0 N–H and O–H groups in total. The molecule has 2 aliphatic heterocycles. The van der Waals surface area contributed by atoms with Crippen molar-refractivity contribution in [2.75, 3.05) is 31.1 Å². The summed E-state index contributed by atoms with van der Waals surface area (Å²) in [6, 6.07) is 18.4. The van der Waals surface area contributed by atoms with Crippen LogP contribution in [0.1, 0.15) is 45.5 Å². The van der Waals surface area contributed by atoms with E-state index in [1.807, 2.05) is 4.90 Å². The summed E-state index contributed by atoms with van der Waals surface area (Å²) in [4.78, 5) is 22.0. The van der Waals surface area contributed by atoms with Crippen LogP contribution in [0.5, 0.6) is 0 Å². The third kappa shape index (κ3) is 4.40. The molecule has 2 aromatic carbocycles. The second-order valence-electron chi connectivity index (χ2n) is 9.62. The molecule has 0 aliphatic carbocycles. The number of benzene rings is 2. The first-order valence-electron chi connectivity index (χ1n) is 11.9. The number of fused-ring (bicyclic) bond motifs is 2. The number of nitrogens with zero attached hydrogens (tertiary/aromatic N) is 3. The molecule has 0 radical (unpaired) electrons. The predicted octanol–water partition coefficient (Wildman–Crippen LogP) is 6.06. The maximum Gasteiger partial charge on any atom is 0.258 e. The van der Waals surface area contributed by atoms with Crippen LogP contribution >= 0.6 is 11.6 Å². The summed E-state index contributed by atoms with van der Waals surface area (Å²) >= 11 is 6.07. The second-order valence-corrected chi connectivity index (χ2v) is 10.0. The lowest BCUT2D eigenvalue weighted by molar-refractivity contribution is 0.0977. The fourth-order valence-electron chi connectivity index (χ4n) is 5.35. The van der Waals surface area contributed by atoms with Gasteiger partial charge in [-0.15, -0.1) is 0 Å². The molecule has 1 saturated heterocycles. The topological polar surface area (TPSA) is 36.4 Å². The molecule has 1 spiro atoms.